The topological polar surface area (TPSA) is 377 Å². The molecule has 1 saturated heterocycles. The molecule has 1 aliphatic rings. The Kier molecular flexibility index (Phi) is 25.8. The summed E-state index contributed by atoms with van der Waals surface area (Å²) in [5.74, 6) is -9.45. The summed E-state index contributed by atoms with van der Waals surface area (Å²) < 4.78 is 0. The van der Waals surface area contributed by atoms with Gasteiger partial charge in [-0.3, -0.25) is 58.1 Å². The fourth-order valence-corrected chi connectivity index (χ4v) is 8.09. The molecule has 1 aliphatic heterocycles. The van der Waals surface area contributed by atoms with E-state index in [0.29, 0.717) is 25.0 Å². The number of urea groups is 1. The molecule has 0 spiro atoms. The second-order valence-electron chi connectivity index (χ2n) is 17.4. The minimum absolute atomic E-state index is 0.0570. The molecule has 0 bridgehead atoms. The highest BCUT2D eigenvalue weighted by Gasteiger charge is 2.29. The van der Waals surface area contributed by atoms with Gasteiger partial charge in [0.1, 0.15) is 18.1 Å². The lowest BCUT2D eigenvalue weighted by Gasteiger charge is -2.35. The van der Waals surface area contributed by atoms with E-state index >= 15 is 0 Å². The summed E-state index contributed by atoms with van der Waals surface area (Å²) in [5, 5.41) is 75.6. The highest BCUT2D eigenvalue weighted by atomic mass is 16.4. The number of carboxylic acids is 7. The van der Waals surface area contributed by atoms with Gasteiger partial charge in [0, 0.05) is 96.3 Å². The van der Waals surface area contributed by atoms with Crippen molar-refractivity contribution in [2.45, 2.75) is 88.9 Å². The molecule has 1 fully saturated rings. The lowest BCUT2D eigenvalue weighted by molar-refractivity contribution is -0.145. The van der Waals surface area contributed by atoms with Crippen molar-refractivity contribution in [2.24, 2.45) is 0 Å². The molecule has 0 radical (unpaired) electrons. The maximum atomic E-state index is 13.7. The number of aromatic nitrogens is 1. The number of nitrogens with one attached hydrogen (secondary N) is 3. The molecule has 0 saturated carbocycles. The van der Waals surface area contributed by atoms with E-state index in [0.717, 1.165) is 10.8 Å². The Morgan fingerprint density at radius 1 is 0.569 bits per heavy atom. The maximum Gasteiger partial charge on any atom is 0.326 e. The first-order valence-electron chi connectivity index (χ1n) is 23.6. The van der Waals surface area contributed by atoms with Crippen LogP contribution in [0.25, 0.3) is 10.8 Å². The first kappa shape index (κ1) is 59.3. The number of nitrogens with zero attached hydrogens (tertiary/aromatic N) is 6. The van der Waals surface area contributed by atoms with Gasteiger partial charge in [0.2, 0.25) is 11.8 Å². The highest BCUT2D eigenvalue weighted by Crippen LogP contribution is 2.20. The number of carbonyl (C=O) groups is 10. The molecule has 10 N–H and O–H groups in total. The normalized spacial score (nSPS) is 15.7. The Bertz CT molecular complexity index is 2140. The highest BCUT2D eigenvalue weighted by molar-refractivity contribution is 5.87. The van der Waals surface area contributed by atoms with Crippen LogP contribution in [0.1, 0.15) is 69.9 Å². The molecule has 3 atom stereocenters. The van der Waals surface area contributed by atoms with Crippen molar-refractivity contribution in [3.63, 3.8) is 0 Å². The van der Waals surface area contributed by atoms with Gasteiger partial charge in [-0.15, -0.1) is 0 Å². The van der Waals surface area contributed by atoms with Crippen molar-refractivity contribution < 1.29 is 83.7 Å². The largest absolute Gasteiger partial charge is 0.481 e. The number of amides is 4. The van der Waals surface area contributed by atoms with Crippen LogP contribution in [-0.2, 0) is 49.7 Å². The average molecular weight is 1020 g/mol. The third-order valence-electron chi connectivity index (χ3n) is 11.9. The maximum absolute atomic E-state index is 13.7. The molecule has 1 aromatic heterocycles. The zero-order valence-corrected chi connectivity index (χ0v) is 40.1. The lowest BCUT2D eigenvalue weighted by Crippen LogP contribution is -2.52. The Hall–Kier alpha value is -7.03. The van der Waals surface area contributed by atoms with Crippen LogP contribution in [0.15, 0.2) is 36.5 Å². The fourth-order valence-electron chi connectivity index (χ4n) is 8.09. The third-order valence-corrected chi connectivity index (χ3v) is 11.9. The molecule has 4 amide bonds. The molecule has 2 heterocycles. The van der Waals surface area contributed by atoms with Gasteiger partial charge >= 0.3 is 47.8 Å². The summed E-state index contributed by atoms with van der Waals surface area (Å²) in [6.07, 6.45) is 1.58. The Labute approximate surface area is 414 Å². The van der Waals surface area contributed by atoms with E-state index in [1.807, 2.05) is 30.3 Å². The molecule has 398 valence electrons. The van der Waals surface area contributed by atoms with E-state index < -0.39 is 84.7 Å². The van der Waals surface area contributed by atoms with E-state index in [2.05, 4.69) is 20.9 Å². The van der Waals surface area contributed by atoms with Crippen LogP contribution in [0.3, 0.4) is 0 Å². The van der Waals surface area contributed by atoms with Crippen LogP contribution < -0.4 is 16.0 Å². The van der Waals surface area contributed by atoms with Crippen LogP contribution in [0.5, 0.6) is 0 Å². The molecule has 72 heavy (non-hydrogen) atoms. The van der Waals surface area contributed by atoms with Gasteiger partial charge in [0.15, 0.2) is 0 Å². The molecule has 2 aromatic rings. The summed E-state index contributed by atoms with van der Waals surface area (Å²) in [5.41, 5.74) is 0.623. The summed E-state index contributed by atoms with van der Waals surface area (Å²) in [4.78, 5) is 134. The number of hydrogen-bond acceptors (Lipinski definition) is 15. The number of aliphatic carboxylic acids is 7. The Morgan fingerprint density at radius 2 is 1.11 bits per heavy atom. The van der Waals surface area contributed by atoms with Crippen molar-refractivity contribution in [1.29, 1.82) is 0 Å². The van der Waals surface area contributed by atoms with Crippen molar-refractivity contribution >= 4 is 70.4 Å². The quantitative estimate of drug-likeness (QED) is 0.0453. The minimum Gasteiger partial charge on any atom is -0.481 e. The zero-order chi connectivity index (χ0) is 53.2. The number of fused-ring (bicyclic) bond motifs is 1. The van der Waals surface area contributed by atoms with Gasteiger partial charge in [-0.2, -0.15) is 0 Å². The predicted molar refractivity (Wildman–Crippen MR) is 254 cm³/mol. The van der Waals surface area contributed by atoms with Crippen molar-refractivity contribution in [1.82, 2.24) is 45.4 Å². The van der Waals surface area contributed by atoms with Crippen LogP contribution in [0.2, 0.25) is 0 Å². The third kappa shape index (κ3) is 22.8. The van der Waals surface area contributed by atoms with Crippen molar-refractivity contribution in [3.8, 4) is 0 Å². The number of carboxylic acid groups (broad SMARTS) is 7. The molecule has 26 nitrogen and oxygen atoms in total. The monoisotopic (exact) mass is 1020 g/mol. The number of hydrogen-bond donors (Lipinski definition) is 10. The van der Waals surface area contributed by atoms with E-state index in [1.54, 1.807) is 30.7 Å². The molecule has 3 rings (SSSR count). The SMILES string of the molecule is O=C(O)CC[C@H](NC(=O)N[C@@H](CCCCN(Cc1nccc2ccccc12)C(=O)CCCCNC(=O)CCC(C(=O)O)N1CCN(CC(=O)O)CCN(CC(=O)O)CCN(CC(=O)O)CC1)C(=O)O)C(=O)O. The van der Waals surface area contributed by atoms with E-state index in [-0.39, 0.29) is 130 Å². The summed E-state index contributed by atoms with van der Waals surface area (Å²) in [6, 6.07) is 4.02. The van der Waals surface area contributed by atoms with Gasteiger partial charge in [-0.25, -0.2) is 14.4 Å². The fraction of sp³-hybridized carbons (Fsp3) is 0.587. The van der Waals surface area contributed by atoms with Gasteiger partial charge in [0.05, 0.1) is 31.9 Å². The molecular weight excluding hydrogens is 951 g/mol. The minimum atomic E-state index is -1.56. The summed E-state index contributed by atoms with van der Waals surface area (Å²) >= 11 is 0. The first-order valence-corrected chi connectivity index (χ1v) is 23.6. The number of pyridine rings is 1. The van der Waals surface area contributed by atoms with Gasteiger partial charge in [-0.1, -0.05) is 24.3 Å². The van der Waals surface area contributed by atoms with Crippen LogP contribution >= 0.6 is 0 Å². The molecule has 26 heteroatoms. The standard InChI is InChI=1S/C46H67N9O17/c56-37(13-12-36(45(70)71)54-25-23-52(29-41(62)63)21-19-51(28-40(60)61)20-22-53(24-26-54)30-42(64)65)48-16-5-3-10-38(57)55(27-35-32-8-2-1-7-31(32)15-17-47-35)18-6-4-9-33(43(66)67)49-46(72)50-34(44(68)69)11-14-39(58)59/h1-2,7-8,15,17,33-34,36H,3-6,9-14,16,18-30H2,(H,48,56)(H,58,59)(H,60,61)(H,62,63)(H,64,65)(H,66,67)(H,68,69)(H,70,71)(H2,49,50,72)/t33-,34-,36?/m0/s1. The van der Waals surface area contributed by atoms with Crippen LogP contribution in [0.4, 0.5) is 4.79 Å². The Morgan fingerprint density at radius 3 is 1.64 bits per heavy atom. The van der Waals surface area contributed by atoms with Crippen LogP contribution in [-0.4, -0.2) is 228 Å². The van der Waals surface area contributed by atoms with Gasteiger partial charge < -0.3 is 56.6 Å². The number of unbranched alkanes of at least 4 members (excludes halogenated alkanes) is 2. The zero-order valence-electron chi connectivity index (χ0n) is 40.1. The molecule has 1 aromatic carbocycles. The van der Waals surface area contributed by atoms with Crippen molar-refractivity contribution in [3.05, 3.63) is 42.2 Å². The van der Waals surface area contributed by atoms with Gasteiger partial charge in [0.25, 0.3) is 0 Å². The van der Waals surface area contributed by atoms with E-state index in [1.165, 1.54) is 0 Å². The lowest BCUT2D eigenvalue weighted by atomic mass is 10.1. The van der Waals surface area contributed by atoms with Gasteiger partial charge in [-0.05, 0) is 56.4 Å². The smallest absolute Gasteiger partial charge is 0.326 e. The molecule has 1 unspecified atom stereocenters. The number of carbonyl (C=O) groups excluding carboxylic acids is 3. The average Bonchev–Trinajstić information content (AvgIpc) is 3.30. The summed E-state index contributed by atoms with van der Waals surface area (Å²) in [6.45, 7) is 0.278. The van der Waals surface area contributed by atoms with Crippen molar-refractivity contribution in [2.75, 3.05) is 85.1 Å². The van der Waals surface area contributed by atoms with E-state index in [9.17, 15) is 78.6 Å². The Balaban J connectivity index is 1.60. The number of rotatable bonds is 30. The number of benzene rings is 1. The second-order valence-corrected chi connectivity index (χ2v) is 17.4. The predicted octanol–water partition coefficient (Wildman–Crippen LogP) is -0.201. The van der Waals surface area contributed by atoms with Crippen LogP contribution in [0, 0.1) is 0 Å². The first-order chi connectivity index (χ1) is 34.2. The summed E-state index contributed by atoms with van der Waals surface area (Å²) in [7, 11) is 0. The van der Waals surface area contributed by atoms with E-state index in [4.69, 9.17) is 5.11 Å². The molecule has 0 aliphatic carbocycles. The molecular formula is C46H67N9O17. The second kappa shape index (κ2) is 31.3.